The van der Waals surface area contributed by atoms with Crippen molar-refractivity contribution >= 4 is 27.4 Å². The molecule has 1 aromatic carbocycles. The van der Waals surface area contributed by atoms with Crippen LogP contribution in [0.25, 0.3) is 0 Å². The van der Waals surface area contributed by atoms with Gasteiger partial charge >= 0.3 is 5.97 Å². The second kappa shape index (κ2) is 5.08. The molecule has 0 unspecified atom stereocenters. The molecule has 0 spiro atoms. The minimum absolute atomic E-state index is 0.285. The summed E-state index contributed by atoms with van der Waals surface area (Å²) in [6.45, 7) is 2.32. The highest BCUT2D eigenvalue weighted by Gasteiger charge is 2.43. The maximum Gasteiger partial charge on any atom is 0.330 e. The average Bonchev–Trinajstić information content (AvgIpc) is 2.26. The molecule has 8 nitrogen and oxygen atoms in total. The van der Waals surface area contributed by atoms with Crippen molar-refractivity contribution in [2.24, 2.45) is 0 Å². The summed E-state index contributed by atoms with van der Waals surface area (Å²) in [7, 11) is -4.03. The molecule has 0 saturated carbocycles. The number of sulfonamides is 1. The summed E-state index contributed by atoms with van der Waals surface area (Å²) in [4.78, 5) is 21.5. The molecule has 1 aromatic rings. The van der Waals surface area contributed by atoms with Crippen LogP contribution in [0, 0.1) is 10.1 Å². The van der Waals surface area contributed by atoms with E-state index in [1.54, 1.807) is 0 Å². The molecule has 0 atom stereocenters. The maximum absolute atomic E-state index is 11.9. The predicted octanol–water partition coefficient (Wildman–Crippen LogP) is 1.22. The Morgan fingerprint density at radius 3 is 2.25 bits per heavy atom. The largest absolute Gasteiger partial charge is 0.479 e. The van der Waals surface area contributed by atoms with Crippen molar-refractivity contribution in [1.82, 2.24) is 0 Å². The van der Waals surface area contributed by atoms with Crippen LogP contribution in [0.2, 0.25) is 0 Å². The first-order chi connectivity index (χ1) is 8.99. The second-order valence-electron chi connectivity index (χ2n) is 4.64. The van der Waals surface area contributed by atoms with Gasteiger partial charge in [-0.15, -0.1) is 0 Å². The topological polar surface area (TPSA) is 118 Å². The smallest absolute Gasteiger partial charge is 0.330 e. The van der Waals surface area contributed by atoms with Gasteiger partial charge in [0.05, 0.1) is 11.2 Å². The number of hydrogen-bond donors (Lipinski definition) is 1. The monoisotopic (exact) mass is 302 g/mol. The number of carboxylic acid groups (broad SMARTS) is 1. The first-order valence-electron chi connectivity index (χ1n) is 5.47. The third kappa shape index (κ3) is 2.87. The standard InChI is InChI=1S/C11H14N2O6S/c1-11(2,10(14)15)12(20(3,18)19)8-6-4-5-7-9(8)13(16)17/h4-7H,1-3H3,(H,14,15). The van der Waals surface area contributed by atoms with Gasteiger partial charge in [0.25, 0.3) is 5.69 Å². The van der Waals surface area contributed by atoms with E-state index >= 15 is 0 Å². The molecule has 9 heteroatoms. The van der Waals surface area contributed by atoms with E-state index in [2.05, 4.69) is 0 Å². The number of hydrogen-bond acceptors (Lipinski definition) is 5. The molecule has 0 amide bonds. The first-order valence-corrected chi connectivity index (χ1v) is 7.31. The van der Waals surface area contributed by atoms with Gasteiger partial charge in [0.15, 0.2) is 0 Å². The summed E-state index contributed by atoms with van der Waals surface area (Å²) in [6.07, 6.45) is 0.800. The lowest BCUT2D eigenvalue weighted by Gasteiger charge is -2.34. The van der Waals surface area contributed by atoms with Crippen LogP contribution in [0.4, 0.5) is 11.4 Å². The third-order valence-electron chi connectivity index (χ3n) is 2.66. The molecule has 0 bridgehead atoms. The van der Waals surface area contributed by atoms with E-state index in [0.29, 0.717) is 4.31 Å². The van der Waals surface area contributed by atoms with E-state index in [9.17, 15) is 28.4 Å². The fourth-order valence-corrected chi connectivity index (χ4v) is 3.19. The lowest BCUT2D eigenvalue weighted by Crippen LogP contribution is -2.53. The molecule has 0 aliphatic rings. The molecule has 0 saturated heterocycles. The molecule has 0 fully saturated rings. The van der Waals surface area contributed by atoms with Crippen molar-refractivity contribution in [3.05, 3.63) is 34.4 Å². The van der Waals surface area contributed by atoms with Crippen molar-refractivity contribution in [3.8, 4) is 0 Å². The van der Waals surface area contributed by atoms with Gasteiger partial charge in [0, 0.05) is 6.07 Å². The van der Waals surface area contributed by atoms with Crippen molar-refractivity contribution in [2.45, 2.75) is 19.4 Å². The Kier molecular flexibility index (Phi) is 4.04. The SMILES string of the molecule is CC(C)(C(=O)O)N(c1ccccc1[N+](=O)[O-])S(C)(=O)=O. The number of carboxylic acids is 1. The van der Waals surface area contributed by atoms with Crippen LogP contribution in [-0.4, -0.2) is 36.2 Å². The lowest BCUT2D eigenvalue weighted by molar-refractivity contribution is -0.384. The van der Waals surface area contributed by atoms with Gasteiger partial charge in [-0.2, -0.15) is 0 Å². The molecule has 0 radical (unpaired) electrons. The minimum atomic E-state index is -4.03. The quantitative estimate of drug-likeness (QED) is 0.645. The summed E-state index contributed by atoms with van der Waals surface area (Å²) in [6, 6.07) is 5.09. The van der Waals surface area contributed by atoms with Crippen molar-refractivity contribution < 1.29 is 23.2 Å². The Hall–Kier alpha value is -2.16. The Bertz CT molecular complexity index is 653. The molecular weight excluding hydrogens is 288 g/mol. The number of rotatable bonds is 5. The zero-order valence-corrected chi connectivity index (χ0v) is 11.9. The third-order valence-corrected chi connectivity index (χ3v) is 3.98. The Morgan fingerprint density at radius 2 is 1.85 bits per heavy atom. The van der Waals surface area contributed by atoms with Crippen LogP contribution in [-0.2, 0) is 14.8 Å². The zero-order valence-electron chi connectivity index (χ0n) is 11.1. The molecule has 0 heterocycles. The Morgan fingerprint density at radius 1 is 1.35 bits per heavy atom. The fraction of sp³-hybridized carbons (Fsp3) is 0.364. The molecule has 0 aliphatic heterocycles. The molecule has 110 valence electrons. The van der Waals surface area contributed by atoms with Crippen LogP contribution >= 0.6 is 0 Å². The van der Waals surface area contributed by atoms with Crippen molar-refractivity contribution in [2.75, 3.05) is 10.6 Å². The molecule has 0 aromatic heterocycles. The predicted molar refractivity (Wildman–Crippen MR) is 72.1 cm³/mol. The summed E-state index contributed by atoms with van der Waals surface area (Å²) in [5.74, 6) is -1.42. The number of nitrogens with zero attached hydrogens (tertiary/aromatic N) is 2. The maximum atomic E-state index is 11.9. The normalized spacial score (nSPS) is 11.9. The van der Waals surface area contributed by atoms with Crippen LogP contribution < -0.4 is 4.31 Å². The number of nitro benzene ring substituents is 1. The van der Waals surface area contributed by atoms with E-state index < -0.39 is 32.1 Å². The van der Waals surface area contributed by atoms with Gasteiger partial charge in [-0.25, -0.2) is 17.5 Å². The lowest BCUT2D eigenvalue weighted by atomic mass is 10.1. The summed E-state index contributed by atoms with van der Waals surface area (Å²) in [5.41, 5.74) is -2.63. The molecule has 1 rings (SSSR count). The summed E-state index contributed by atoms with van der Waals surface area (Å²) in [5, 5.41) is 20.2. The van der Waals surface area contributed by atoms with Gasteiger partial charge < -0.3 is 5.11 Å². The summed E-state index contributed by atoms with van der Waals surface area (Å²) >= 11 is 0. The van der Waals surface area contributed by atoms with Gasteiger partial charge in [-0.3, -0.25) is 10.1 Å². The van der Waals surface area contributed by atoms with Crippen LogP contribution in [0.15, 0.2) is 24.3 Å². The Labute approximate surface area is 115 Å². The first kappa shape index (κ1) is 15.9. The zero-order chi connectivity index (χ0) is 15.7. The molecule has 0 aliphatic carbocycles. The highest BCUT2D eigenvalue weighted by atomic mass is 32.2. The van der Waals surface area contributed by atoms with Gasteiger partial charge in [-0.1, -0.05) is 12.1 Å². The summed E-state index contributed by atoms with van der Waals surface area (Å²) < 4.78 is 24.3. The van der Waals surface area contributed by atoms with Crippen molar-refractivity contribution in [3.63, 3.8) is 0 Å². The molecular formula is C11H14N2O6S. The number of para-hydroxylation sites is 2. The van der Waals surface area contributed by atoms with E-state index in [1.165, 1.54) is 18.2 Å². The van der Waals surface area contributed by atoms with Gasteiger partial charge in [-0.05, 0) is 19.9 Å². The van der Waals surface area contributed by atoms with Crippen molar-refractivity contribution in [1.29, 1.82) is 0 Å². The van der Waals surface area contributed by atoms with E-state index in [4.69, 9.17) is 0 Å². The average molecular weight is 302 g/mol. The van der Waals surface area contributed by atoms with E-state index in [0.717, 1.165) is 26.2 Å². The number of carbonyl (C=O) groups is 1. The van der Waals surface area contributed by atoms with Gasteiger partial charge in [0.2, 0.25) is 10.0 Å². The van der Waals surface area contributed by atoms with Gasteiger partial charge in [0.1, 0.15) is 11.2 Å². The number of aliphatic carboxylic acids is 1. The Balaban J connectivity index is 3.66. The molecule has 1 N–H and O–H groups in total. The molecule has 20 heavy (non-hydrogen) atoms. The van der Waals surface area contributed by atoms with Crippen LogP contribution in [0.5, 0.6) is 0 Å². The van der Waals surface area contributed by atoms with Crippen LogP contribution in [0.3, 0.4) is 0 Å². The number of anilines is 1. The highest BCUT2D eigenvalue weighted by molar-refractivity contribution is 7.92. The fourth-order valence-electron chi connectivity index (χ4n) is 1.77. The number of benzene rings is 1. The second-order valence-corrected chi connectivity index (χ2v) is 6.47. The number of nitro groups is 1. The van der Waals surface area contributed by atoms with E-state index in [-0.39, 0.29) is 5.69 Å². The minimum Gasteiger partial charge on any atom is -0.479 e. The highest BCUT2D eigenvalue weighted by Crippen LogP contribution is 2.34. The van der Waals surface area contributed by atoms with E-state index in [1.807, 2.05) is 0 Å². The van der Waals surface area contributed by atoms with Crippen LogP contribution in [0.1, 0.15) is 13.8 Å².